The van der Waals surface area contributed by atoms with Crippen LogP contribution in [0, 0.1) is 13.8 Å². The van der Waals surface area contributed by atoms with E-state index in [9.17, 15) is 16.8 Å². The van der Waals surface area contributed by atoms with Gasteiger partial charge in [-0.25, -0.2) is 16.8 Å². The van der Waals surface area contributed by atoms with E-state index in [1.54, 1.807) is 19.1 Å². The van der Waals surface area contributed by atoms with Crippen LogP contribution in [0.3, 0.4) is 0 Å². The normalized spacial score (nSPS) is 19.0. The first kappa shape index (κ1) is 19.4. The Kier molecular flexibility index (Phi) is 5.18. The van der Waals surface area contributed by atoms with Crippen molar-refractivity contribution in [2.45, 2.75) is 35.3 Å². The Morgan fingerprint density at radius 1 is 1.00 bits per heavy atom. The summed E-state index contributed by atoms with van der Waals surface area (Å²) < 4.78 is 52.8. The van der Waals surface area contributed by atoms with E-state index in [-0.39, 0.29) is 29.3 Å². The number of rotatable bonds is 4. The van der Waals surface area contributed by atoms with Gasteiger partial charge in [0.2, 0.25) is 10.0 Å². The highest BCUT2D eigenvalue weighted by atomic mass is 35.5. The number of hydrogen-bond donors (Lipinski definition) is 0. The fraction of sp³-hybridized carbons (Fsp3) is 0.333. The molecule has 1 saturated heterocycles. The average Bonchev–Trinajstić information content (AvgIpc) is 3.09. The molecule has 0 bridgehead atoms. The fourth-order valence-electron chi connectivity index (χ4n) is 3.11. The second-order valence-corrected chi connectivity index (χ2v) is 11.1. The number of halogens is 1. The van der Waals surface area contributed by atoms with Crippen molar-refractivity contribution in [3.8, 4) is 0 Å². The van der Waals surface area contributed by atoms with Crippen molar-refractivity contribution in [1.82, 2.24) is 4.31 Å². The Morgan fingerprint density at radius 3 is 2.31 bits per heavy atom. The predicted octanol–water partition coefficient (Wildman–Crippen LogP) is 3.19. The van der Waals surface area contributed by atoms with Crippen molar-refractivity contribution in [2.75, 3.05) is 13.1 Å². The van der Waals surface area contributed by atoms with Crippen LogP contribution in [0.5, 0.6) is 0 Å². The van der Waals surface area contributed by atoms with Crippen molar-refractivity contribution < 1.29 is 16.8 Å². The Morgan fingerprint density at radius 2 is 1.65 bits per heavy atom. The second kappa shape index (κ2) is 6.96. The van der Waals surface area contributed by atoms with E-state index in [4.69, 9.17) is 11.6 Å². The fourth-order valence-corrected chi connectivity index (χ4v) is 6.83. The molecule has 3 rings (SSSR count). The molecule has 1 atom stereocenters. The largest absolute Gasteiger partial charge is 0.243 e. The van der Waals surface area contributed by atoms with E-state index in [2.05, 4.69) is 0 Å². The Labute approximate surface area is 159 Å². The summed E-state index contributed by atoms with van der Waals surface area (Å²) in [6, 6.07) is 11.2. The smallest absolute Gasteiger partial charge is 0.223 e. The minimum Gasteiger partial charge on any atom is -0.223 e. The molecule has 2 aromatic rings. The zero-order valence-corrected chi connectivity index (χ0v) is 16.9. The molecule has 8 heteroatoms. The SMILES string of the molecule is Cc1ccc(C)c(S(=O)(=O)N2CCC(S(=O)(=O)c3ccc(Cl)cc3)C2)c1. The van der Waals surface area contributed by atoms with E-state index in [1.807, 2.05) is 13.0 Å². The first-order valence-electron chi connectivity index (χ1n) is 8.19. The molecule has 1 fully saturated rings. The monoisotopic (exact) mass is 413 g/mol. The third-order valence-corrected chi connectivity index (χ3v) is 9.10. The maximum Gasteiger partial charge on any atom is 0.243 e. The molecule has 0 spiro atoms. The minimum absolute atomic E-state index is 0.0410. The van der Waals surface area contributed by atoms with Crippen LogP contribution in [0.1, 0.15) is 17.5 Å². The molecule has 0 aromatic heterocycles. The lowest BCUT2D eigenvalue weighted by atomic mass is 10.2. The van der Waals surface area contributed by atoms with Gasteiger partial charge in [-0.15, -0.1) is 0 Å². The van der Waals surface area contributed by atoms with Gasteiger partial charge in [0.05, 0.1) is 15.0 Å². The summed E-state index contributed by atoms with van der Waals surface area (Å²) in [5.41, 5.74) is 1.50. The molecule has 1 aliphatic rings. The zero-order chi connectivity index (χ0) is 19.1. The van der Waals surface area contributed by atoms with Crippen LogP contribution < -0.4 is 0 Å². The molecule has 2 aromatic carbocycles. The van der Waals surface area contributed by atoms with Crippen LogP contribution in [0.15, 0.2) is 52.3 Å². The van der Waals surface area contributed by atoms with E-state index >= 15 is 0 Å². The summed E-state index contributed by atoms with van der Waals surface area (Å²) in [4.78, 5) is 0.403. The molecular formula is C18H20ClNO4S2. The van der Waals surface area contributed by atoms with Gasteiger partial charge >= 0.3 is 0 Å². The quantitative estimate of drug-likeness (QED) is 0.771. The molecule has 1 unspecified atom stereocenters. The third-order valence-electron chi connectivity index (χ3n) is 4.65. The highest BCUT2D eigenvalue weighted by Gasteiger charge is 2.39. The van der Waals surface area contributed by atoms with Crippen molar-refractivity contribution in [3.63, 3.8) is 0 Å². The van der Waals surface area contributed by atoms with Crippen LogP contribution in [-0.2, 0) is 19.9 Å². The van der Waals surface area contributed by atoms with Gasteiger partial charge in [-0.05, 0) is 61.7 Å². The van der Waals surface area contributed by atoms with E-state index in [0.717, 1.165) is 5.56 Å². The molecule has 5 nitrogen and oxygen atoms in total. The second-order valence-electron chi connectivity index (χ2n) is 6.54. The summed E-state index contributed by atoms with van der Waals surface area (Å²) in [7, 11) is -7.34. The van der Waals surface area contributed by atoms with Crippen LogP contribution in [-0.4, -0.2) is 39.5 Å². The highest BCUT2D eigenvalue weighted by Crippen LogP contribution is 2.30. The highest BCUT2D eigenvalue weighted by molar-refractivity contribution is 7.92. The summed E-state index contributed by atoms with van der Waals surface area (Å²) in [5.74, 6) is 0. The molecule has 1 heterocycles. The Bertz CT molecular complexity index is 1030. The summed E-state index contributed by atoms with van der Waals surface area (Å²) >= 11 is 5.82. The van der Waals surface area contributed by atoms with Gasteiger partial charge in [-0.3, -0.25) is 0 Å². The van der Waals surface area contributed by atoms with Gasteiger partial charge in [0.15, 0.2) is 9.84 Å². The van der Waals surface area contributed by atoms with Crippen LogP contribution in [0.2, 0.25) is 5.02 Å². The van der Waals surface area contributed by atoms with Gasteiger partial charge in [0, 0.05) is 18.1 Å². The number of aryl methyl sites for hydroxylation is 2. The first-order valence-corrected chi connectivity index (χ1v) is 11.6. The molecule has 0 N–H and O–H groups in total. The molecular weight excluding hydrogens is 394 g/mol. The number of hydrogen-bond acceptors (Lipinski definition) is 4. The lowest BCUT2D eigenvalue weighted by Gasteiger charge is -2.18. The lowest BCUT2D eigenvalue weighted by molar-refractivity contribution is 0.476. The van der Waals surface area contributed by atoms with Gasteiger partial charge in [-0.2, -0.15) is 4.31 Å². The summed E-state index contributed by atoms with van der Waals surface area (Å²) in [6.07, 6.45) is 0.273. The number of nitrogens with zero attached hydrogens (tertiary/aromatic N) is 1. The van der Waals surface area contributed by atoms with Crippen molar-refractivity contribution >= 4 is 31.5 Å². The minimum atomic E-state index is -3.73. The third kappa shape index (κ3) is 3.53. The van der Waals surface area contributed by atoms with Crippen molar-refractivity contribution in [1.29, 1.82) is 0 Å². The average molecular weight is 414 g/mol. The maximum absolute atomic E-state index is 13.0. The number of sulfone groups is 1. The van der Waals surface area contributed by atoms with Gasteiger partial charge < -0.3 is 0 Å². The summed E-state index contributed by atoms with van der Waals surface area (Å²) in [6.45, 7) is 3.72. The van der Waals surface area contributed by atoms with E-state index in [0.29, 0.717) is 10.6 Å². The number of sulfonamides is 1. The topological polar surface area (TPSA) is 71.5 Å². The first-order chi connectivity index (χ1) is 12.1. The zero-order valence-electron chi connectivity index (χ0n) is 14.5. The maximum atomic E-state index is 13.0. The summed E-state index contributed by atoms with van der Waals surface area (Å²) in [5, 5.41) is -0.307. The molecule has 0 radical (unpaired) electrons. The Balaban J connectivity index is 1.88. The molecule has 0 saturated carbocycles. The van der Waals surface area contributed by atoms with Crippen LogP contribution in [0.4, 0.5) is 0 Å². The van der Waals surface area contributed by atoms with Gasteiger partial charge in [-0.1, -0.05) is 23.7 Å². The molecule has 26 heavy (non-hydrogen) atoms. The van der Waals surface area contributed by atoms with E-state index in [1.165, 1.54) is 28.6 Å². The molecule has 1 aliphatic heterocycles. The lowest BCUT2D eigenvalue weighted by Crippen LogP contribution is -2.32. The van der Waals surface area contributed by atoms with Crippen molar-refractivity contribution in [2.24, 2.45) is 0 Å². The van der Waals surface area contributed by atoms with Crippen LogP contribution in [0.25, 0.3) is 0 Å². The van der Waals surface area contributed by atoms with E-state index < -0.39 is 25.1 Å². The molecule has 140 valence electrons. The Hall–Kier alpha value is -1.41. The predicted molar refractivity (Wildman–Crippen MR) is 102 cm³/mol. The van der Waals surface area contributed by atoms with Gasteiger partial charge in [0.1, 0.15) is 0 Å². The molecule has 0 amide bonds. The molecule has 0 aliphatic carbocycles. The number of benzene rings is 2. The van der Waals surface area contributed by atoms with Crippen molar-refractivity contribution in [3.05, 3.63) is 58.6 Å². The van der Waals surface area contributed by atoms with Crippen LogP contribution >= 0.6 is 11.6 Å². The standard InChI is InChI=1S/C18H20ClNO4S2/c1-13-3-4-14(2)18(11-13)26(23,24)20-10-9-17(12-20)25(21,22)16-7-5-15(19)6-8-16/h3-8,11,17H,9-10,12H2,1-2H3. The van der Waals surface area contributed by atoms with Gasteiger partial charge in [0.25, 0.3) is 0 Å².